The van der Waals surface area contributed by atoms with Crippen LogP contribution in [-0.2, 0) is 4.74 Å². The molecule has 0 unspecified atom stereocenters. The van der Waals surface area contributed by atoms with Crippen LogP contribution in [0.25, 0.3) is 0 Å². The lowest BCUT2D eigenvalue weighted by molar-refractivity contribution is 0.0503. The monoisotopic (exact) mass is 299 g/mol. The molecule has 1 N–H and O–H groups in total. The van der Waals surface area contributed by atoms with Crippen molar-refractivity contribution < 1.29 is 12.3 Å². The average Bonchev–Trinajstić information content (AvgIpc) is 2.61. The first-order valence-corrected chi connectivity index (χ1v) is 5.34. The summed E-state index contributed by atoms with van der Waals surface area (Å²) in [6.45, 7) is 5.35. The van der Waals surface area contributed by atoms with Crippen molar-refractivity contribution in [3.8, 4) is 0 Å². The van der Waals surface area contributed by atoms with Crippen LogP contribution in [0.5, 0.6) is 0 Å². The van der Waals surface area contributed by atoms with E-state index in [0.29, 0.717) is 12.8 Å². The second-order valence-electron chi connectivity index (χ2n) is 4.30. The SMILES string of the molecule is [2H]C([2H])(I)C1(NC(=O)OC(C)(C)C)CC1. The van der Waals surface area contributed by atoms with E-state index in [4.69, 9.17) is 7.48 Å². The van der Waals surface area contributed by atoms with Crippen LogP contribution in [0.2, 0.25) is 0 Å². The van der Waals surface area contributed by atoms with Gasteiger partial charge in [0.15, 0.2) is 0 Å². The maximum atomic E-state index is 11.5. The van der Waals surface area contributed by atoms with Gasteiger partial charge in [-0.05, 0) is 33.6 Å². The second kappa shape index (κ2) is 3.63. The van der Waals surface area contributed by atoms with Crippen molar-refractivity contribution in [3.05, 3.63) is 0 Å². The third kappa shape index (κ3) is 3.70. The van der Waals surface area contributed by atoms with Crippen LogP contribution >= 0.6 is 22.6 Å². The number of rotatable bonds is 2. The number of hydrogen-bond donors (Lipinski definition) is 1. The van der Waals surface area contributed by atoms with Crippen molar-refractivity contribution in [1.82, 2.24) is 5.32 Å². The van der Waals surface area contributed by atoms with Gasteiger partial charge in [0, 0.05) is 7.12 Å². The lowest BCUT2D eigenvalue weighted by atomic mass is 10.2. The molecule has 0 aliphatic heterocycles. The topological polar surface area (TPSA) is 38.3 Å². The number of amides is 1. The highest BCUT2D eigenvalue weighted by molar-refractivity contribution is 14.1. The fourth-order valence-corrected chi connectivity index (χ4v) is 1.54. The van der Waals surface area contributed by atoms with Crippen LogP contribution in [0.3, 0.4) is 0 Å². The molecule has 13 heavy (non-hydrogen) atoms. The maximum Gasteiger partial charge on any atom is 0.408 e. The van der Waals surface area contributed by atoms with Crippen LogP contribution in [0, 0.1) is 0 Å². The highest BCUT2D eigenvalue weighted by Crippen LogP contribution is 2.37. The smallest absolute Gasteiger partial charge is 0.408 e. The molecule has 0 spiro atoms. The zero-order valence-electron chi connectivity index (χ0n) is 10.1. The predicted octanol–water partition coefficient (Wildman–Crippen LogP) is 2.48. The van der Waals surface area contributed by atoms with Gasteiger partial charge in [0.05, 0.1) is 5.54 Å². The number of nitrogens with one attached hydrogen (secondary N) is 1. The molecule has 4 heteroatoms. The number of carbonyl (C=O) groups is 1. The Morgan fingerprint density at radius 3 is 2.54 bits per heavy atom. The molecule has 1 saturated carbocycles. The third-order valence-electron chi connectivity index (χ3n) is 1.67. The van der Waals surface area contributed by atoms with E-state index >= 15 is 0 Å². The molecule has 0 atom stereocenters. The number of ether oxygens (including phenoxy) is 1. The third-order valence-corrected chi connectivity index (χ3v) is 2.70. The molecule has 1 aliphatic rings. The number of alkyl halides is 1. The Morgan fingerprint density at radius 1 is 1.69 bits per heavy atom. The van der Waals surface area contributed by atoms with Crippen molar-refractivity contribution in [1.29, 1.82) is 0 Å². The summed E-state index contributed by atoms with van der Waals surface area (Å²) in [4.78, 5) is 11.5. The van der Waals surface area contributed by atoms with E-state index in [1.54, 1.807) is 43.4 Å². The van der Waals surface area contributed by atoms with Crippen LogP contribution in [-0.4, -0.2) is 21.6 Å². The molecular weight excluding hydrogens is 281 g/mol. The van der Waals surface area contributed by atoms with E-state index in [1.807, 2.05) is 0 Å². The molecule has 0 saturated heterocycles. The maximum absolute atomic E-state index is 11.5. The molecule has 0 aromatic heterocycles. The summed E-state index contributed by atoms with van der Waals surface area (Å²) < 4.78 is 18.9. The Hall–Kier alpha value is 0. The van der Waals surface area contributed by atoms with Crippen molar-refractivity contribution in [2.75, 3.05) is 4.38 Å². The van der Waals surface area contributed by atoms with E-state index in [0.717, 1.165) is 0 Å². The van der Waals surface area contributed by atoms with Gasteiger partial charge >= 0.3 is 6.09 Å². The van der Waals surface area contributed by atoms with E-state index in [9.17, 15) is 4.79 Å². The van der Waals surface area contributed by atoms with Crippen LogP contribution in [0.15, 0.2) is 0 Å². The zero-order chi connectivity index (χ0) is 11.9. The summed E-state index contributed by atoms with van der Waals surface area (Å²) in [6, 6.07) is 0. The highest BCUT2D eigenvalue weighted by atomic mass is 127. The van der Waals surface area contributed by atoms with Crippen LogP contribution in [0.1, 0.15) is 36.4 Å². The lowest BCUT2D eigenvalue weighted by Gasteiger charge is -2.22. The van der Waals surface area contributed by atoms with E-state index < -0.39 is 21.6 Å². The first kappa shape index (κ1) is 8.32. The number of hydrogen-bond acceptors (Lipinski definition) is 2. The van der Waals surface area contributed by atoms with E-state index in [2.05, 4.69) is 5.32 Å². The summed E-state index contributed by atoms with van der Waals surface area (Å²) >= 11 is 1.72. The first-order valence-electron chi connectivity index (χ1n) is 5.26. The Bertz CT molecular complexity index is 266. The molecule has 0 heterocycles. The first-order chi connectivity index (χ1) is 6.56. The number of carbonyl (C=O) groups excluding carboxylic acids is 1. The fourth-order valence-electron chi connectivity index (χ4n) is 0.867. The molecule has 0 aromatic rings. The van der Waals surface area contributed by atoms with Gasteiger partial charge in [0.2, 0.25) is 0 Å². The predicted molar refractivity (Wildman–Crippen MR) is 60.2 cm³/mol. The minimum Gasteiger partial charge on any atom is -0.444 e. The molecule has 1 fully saturated rings. The van der Waals surface area contributed by atoms with Gasteiger partial charge in [-0.3, -0.25) is 0 Å². The van der Waals surface area contributed by atoms with Gasteiger partial charge in [-0.2, -0.15) is 0 Å². The molecule has 1 rings (SSSR count). The second-order valence-corrected chi connectivity index (χ2v) is 4.84. The number of alkyl carbamates (subject to hydrolysis) is 1. The minimum atomic E-state index is -1.43. The molecule has 76 valence electrons. The van der Waals surface area contributed by atoms with E-state index in [1.165, 1.54) is 0 Å². The minimum absolute atomic E-state index is 0.541. The van der Waals surface area contributed by atoms with Gasteiger partial charge in [-0.15, -0.1) is 0 Å². The molecule has 0 radical (unpaired) electrons. The van der Waals surface area contributed by atoms with E-state index in [-0.39, 0.29) is 0 Å². The molecular formula is C9H16INO2. The summed E-state index contributed by atoms with van der Waals surface area (Å²) in [5, 5.41) is 2.62. The summed E-state index contributed by atoms with van der Waals surface area (Å²) in [5.74, 6) is 0. The highest BCUT2D eigenvalue weighted by Gasteiger charge is 2.43. The Balaban J connectivity index is 2.53. The Morgan fingerprint density at radius 2 is 2.23 bits per heavy atom. The molecule has 3 nitrogen and oxygen atoms in total. The van der Waals surface area contributed by atoms with Crippen molar-refractivity contribution in [2.45, 2.75) is 44.8 Å². The normalized spacial score (nSPS) is 22.8. The fraction of sp³-hybridized carbons (Fsp3) is 0.889. The zero-order valence-corrected chi connectivity index (χ0v) is 10.3. The largest absolute Gasteiger partial charge is 0.444 e. The average molecular weight is 299 g/mol. The number of halogens is 1. The van der Waals surface area contributed by atoms with Gasteiger partial charge in [-0.1, -0.05) is 22.6 Å². The van der Waals surface area contributed by atoms with Crippen LogP contribution < -0.4 is 5.32 Å². The standard InChI is InChI=1S/C9H16INO2/c1-8(2,3)13-7(12)11-9(6-10)4-5-9/h4-6H2,1-3H3,(H,11,12)/i6D2. The van der Waals surface area contributed by atoms with Crippen molar-refractivity contribution in [2.24, 2.45) is 0 Å². The lowest BCUT2D eigenvalue weighted by Crippen LogP contribution is -2.41. The molecule has 0 bridgehead atoms. The molecule has 1 amide bonds. The van der Waals surface area contributed by atoms with Crippen molar-refractivity contribution in [3.63, 3.8) is 0 Å². The Labute approximate surface area is 95.5 Å². The van der Waals surface area contributed by atoms with Gasteiger partial charge in [0.1, 0.15) is 5.60 Å². The van der Waals surface area contributed by atoms with Crippen molar-refractivity contribution >= 4 is 28.7 Å². The summed E-state index contributed by atoms with van der Waals surface area (Å²) in [6.07, 6.45) is 0.796. The van der Waals surface area contributed by atoms with Gasteiger partial charge < -0.3 is 10.1 Å². The van der Waals surface area contributed by atoms with Gasteiger partial charge in [-0.25, -0.2) is 4.79 Å². The Kier molecular flexibility index (Phi) is 2.32. The quantitative estimate of drug-likeness (QED) is 0.628. The molecule has 0 aromatic carbocycles. The summed E-state index contributed by atoms with van der Waals surface area (Å²) in [7, 11) is 0. The van der Waals surface area contributed by atoms with Crippen LogP contribution in [0.4, 0.5) is 4.79 Å². The summed E-state index contributed by atoms with van der Waals surface area (Å²) in [5.41, 5.74) is -1.27. The molecule has 1 aliphatic carbocycles. The van der Waals surface area contributed by atoms with Gasteiger partial charge in [0.25, 0.3) is 0 Å².